The second-order valence-electron chi connectivity index (χ2n) is 8.28. The molecule has 2 aromatic carbocycles. The molecule has 0 aliphatic carbocycles. The zero-order valence-corrected chi connectivity index (χ0v) is 17.6. The Bertz CT molecular complexity index is 1110. The van der Waals surface area contributed by atoms with Gasteiger partial charge in [-0.2, -0.15) is 0 Å². The molecule has 1 amide bonds. The van der Waals surface area contributed by atoms with E-state index in [4.69, 9.17) is 0 Å². The van der Waals surface area contributed by atoms with Crippen molar-refractivity contribution in [2.45, 2.75) is 38.8 Å². The highest BCUT2D eigenvalue weighted by Crippen LogP contribution is 2.34. The first-order valence-corrected chi connectivity index (χ1v) is 10.3. The maximum atomic E-state index is 14.7. The number of carbonyl (C=O) groups excluding carboxylic acids is 1. The Morgan fingerprint density at radius 1 is 1.20 bits per heavy atom. The summed E-state index contributed by atoms with van der Waals surface area (Å²) >= 11 is 0. The van der Waals surface area contributed by atoms with Gasteiger partial charge in [-0.05, 0) is 43.3 Å². The van der Waals surface area contributed by atoms with Crippen LogP contribution >= 0.6 is 0 Å². The van der Waals surface area contributed by atoms with Crippen molar-refractivity contribution in [1.82, 2.24) is 14.8 Å². The van der Waals surface area contributed by atoms with E-state index in [0.29, 0.717) is 12.1 Å². The number of hydrogen-bond donors (Lipinski definition) is 1. The fourth-order valence-electron chi connectivity index (χ4n) is 4.56. The first kappa shape index (κ1) is 20.5. The van der Waals surface area contributed by atoms with Crippen molar-refractivity contribution in [2.24, 2.45) is 0 Å². The summed E-state index contributed by atoms with van der Waals surface area (Å²) in [5.74, 6) is -1.78. The van der Waals surface area contributed by atoms with Crippen LogP contribution in [0.5, 0.6) is 0 Å². The van der Waals surface area contributed by atoms with Gasteiger partial charge in [0.05, 0.1) is 0 Å². The summed E-state index contributed by atoms with van der Waals surface area (Å²) in [4.78, 5) is 14.5. The molecule has 1 atom stereocenters. The lowest BCUT2D eigenvalue weighted by Crippen LogP contribution is -2.28. The maximum Gasteiger partial charge on any atom is 0.220 e. The Morgan fingerprint density at radius 3 is 2.73 bits per heavy atom. The summed E-state index contributed by atoms with van der Waals surface area (Å²) in [6, 6.07) is 10.0. The van der Waals surface area contributed by atoms with Crippen molar-refractivity contribution in [3.63, 3.8) is 0 Å². The molecule has 6 heteroatoms. The van der Waals surface area contributed by atoms with E-state index in [1.165, 1.54) is 34.3 Å². The summed E-state index contributed by atoms with van der Waals surface area (Å²) in [5, 5.41) is 3.85. The van der Waals surface area contributed by atoms with E-state index < -0.39 is 17.6 Å². The summed E-state index contributed by atoms with van der Waals surface area (Å²) in [6.07, 6.45) is 1.04. The Kier molecular flexibility index (Phi) is 5.60. The third kappa shape index (κ3) is 3.84. The lowest BCUT2D eigenvalue weighted by atomic mass is 9.94. The van der Waals surface area contributed by atoms with Gasteiger partial charge in [0, 0.05) is 68.1 Å². The smallest absolute Gasteiger partial charge is 0.220 e. The molecule has 1 aromatic heterocycles. The van der Waals surface area contributed by atoms with Crippen LogP contribution in [0.4, 0.5) is 8.78 Å². The van der Waals surface area contributed by atoms with Crippen LogP contribution in [-0.2, 0) is 24.3 Å². The summed E-state index contributed by atoms with van der Waals surface area (Å²) in [7, 11) is 3.69. The lowest BCUT2D eigenvalue weighted by molar-refractivity contribution is -0.121. The number of hydrogen-bond acceptors (Lipinski definition) is 2. The number of fused-ring (bicyclic) bond motifs is 3. The Labute approximate surface area is 175 Å². The van der Waals surface area contributed by atoms with Crippen LogP contribution in [0.25, 0.3) is 10.9 Å². The first-order valence-electron chi connectivity index (χ1n) is 10.3. The van der Waals surface area contributed by atoms with Crippen molar-refractivity contribution in [3.8, 4) is 0 Å². The fraction of sp³-hybridized carbons (Fsp3) is 0.375. The molecule has 0 saturated carbocycles. The molecule has 2 heterocycles. The molecular weight excluding hydrogens is 384 g/mol. The number of likely N-dealkylation sites (N-methyl/N-ethyl adjacent to an activating group) is 1. The van der Waals surface area contributed by atoms with Crippen molar-refractivity contribution >= 4 is 16.8 Å². The van der Waals surface area contributed by atoms with E-state index in [1.54, 1.807) is 7.05 Å². The van der Waals surface area contributed by atoms with Crippen molar-refractivity contribution in [1.29, 1.82) is 0 Å². The van der Waals surface area contributed by atoms with Gasteiger partial charge in [0.1, 0.15) is 11.6 Å². The van der Waals surface area contributed by atoms with Crippen LogP contribution in [0.15, 0.2) is 36.4 Å². The number of halogens is 2. The molecule has 0 saturated heterocycles. The second kappa shape index (κ2) is 8.19. The minimum absolute atomic E-state index is 0.138. The van der Waals surface area contributed by atoms with Gasteiger partial charge in [0.2, 0.25) is 5.91 Å². The van der Waals surface area contributed by atoms with E-state index >= 15 is 0 Å². The molecule has 0 fully saturated rings. The minimum atomic E-state index is -0.614. The highest BCUT2D eigenvalue weighted by Gasteiger charge is 2.26. The van der Waals surface area contributed by atoms with Crippen molar-refractivity contribution < 1.29 is 13.6 Å². The van der Waals surface area contributed by atoms with E-state index in [0.717, 1.165) is 31.1 Å². The predicted molar refractivity (Wildman–Crippen MR) is 114 cm³/mol. The van der Waals surface area contributed by atoms with Crippen molar-refractivity contribution in [2.75, 3.05) is 20.6 Å². The first-order chi connectivity index (χ1) is 14.4. The van der Waals surface area contributed by atoms with Crippen LogP contribution in [0.2, 0.25) is 0 Å². The summed E-state index contributed by atoms with van der Waals surface area (Å²) in [6.45, 7) is 4.37. The molecule has 1 aliphatic rings. The van der Waals surface area contributed by atoms with Gasteiger partial charge in [-0.15, -0.1) is 0 Å². The number of carbonyl (C=O) groups is 1. The van der Waals surface area contributed by atoms with Gasteiger partial charge in [-0.3, -0.25) is 4.79 Å². The molecule has 4 rings (SSSR count). The molecule has 4 nitrogen and oxygen atoms in total. The maximum absolute atomic E-state index is 14.7. The van der Waals surface area contributed by atoms with Crippen LogP contribution < -0.4 is 5.32 Å². The largest absolute Gasteiger partial charge is 0.359 e. The van der Waals surface area contributed by atoms with Crippen LogP contribution in [-0.4, -0.2) is 36.0 Å². The van der Waals surface area contributed by atoms with Gasteiger partial charge < -0.3 is 14.8 Å². The number of aryl methyl sites for hydroxylation is 1. The van der Waals surface area contributed by atoms with Crippen molar-refractivity contribution in [3.05, 3.63) is 70.4 Å². The van der Waals surface area contributed by atoms with Gasteiger partial charge >= 0.3 is 0 Å². The highest BCUT2D eigenvalue weighted by atomic mass is 19.1. The third-order valence-electron chi connectivity index (χ3n) is 6.12. The molecule has 30 heavy (non-hydrogen) atoms. The molecule has 0 bridgehead atoms. The predicted octanol–water partition coefficient (Wildman–Crippen LogP) is 4.14. The van der Waals surface area contributed by atoms with Gasteiger partial charge in [0.15, 0.2) is 0 Å². The zero-order valence-electron chi connectivity index (χ0n) is 17.6. The van der Waals surface area contributed by atoms with E-state index in [1.807, 2.05) is 0 Å². The Morgan fingerprint density at radius 2 is 2.00 bits per heavy atom. The Balaban J connectivity index is 1.82. The molecule has 1 N–H and O–H groups in total. The molecule has 1 unspecified atom stereocenters. The van der Waals surface area contributed by atoms with Crippen LogP contribution in [0, 0.1) is 18.6 Å². The lowest BCUT2D eigenvalue weighted by Gasteiger charge is -2.26. The van der Waals surface area contributed by atoms with Gasteiger partial charge in [-0.25, -0.2) is 8.78 Å². The van der Waals surface area contributed by atoms with Crippen LogP contribution in [0.1, 0.15) is 34.7 Å². The average molecular weight is 411 g/mol. The van der Waals surface area contributed by atoms with Gasteiger partial charge in [0.25, 0.3) is 0 Å². The number of amides is 1. The average Bonchev–Trinajstić information content (AvgIpc) is 2.99. The molecule has 3 aromatic rings. The van der Waals surface area contributed by atoms with Crippen LogP contribution in [0.3, 0.4) is 0 Å². The molecule has 158 valence electrons. The van der Waals surface area contributed by atoms with E-state index in [2.05, 4.69) is 47.0 Å². The van der Waals surface area contributed by atoms with E-state index in [-0.39, 0.29) is 12.3 Å². The quantitative estimate of drug-likeness (QED) is 0.685. The Hall–Kier alpha value is -2.73. The molecule has 1 aliphatic heterocycles. The molecular formula is C24H27F2N3O. The summed E-state index contributed by atoms with van der Waals surface area (Å²) < 4.78 is 30.4. The highest BCUT2D eigenvalue weighted by molar-refractivity contribution is 5.86. The monoisotopic (exact) mass is 411 g/mol. The third-order valence-corrected chi connectivity index (χ3v) is 6.12. The fourth-order valence-corrected chi connectivity index (χ4v) is 4.56. The standard InChI is InChI=1S/C24H27F2N3O/c1-15-4-7-22-19(10-15)20-14-28(3)9-8-23(20)29(22)13-16(11-24(30)27-2)18-6-5-17(25)12-21(18)26/h4-7,10,12,16H,8-9,11,13-14H2,1-3H3,(H,27,30). The second-order valence-corrected chi connectivity index (χ2v) is 8.28. The molecule has 0 radical (unpaired) electrons. The van der Waals surface area contributed by atoms with E-state index in [9.17, 15) is 13.6 Å². The van der Waals surface area contributed by atoms with Gasteiger partial charge in [-0.1, -0.05) is 17.7 Å². The minimum Gasteiger partial charge on any atom is -0.359 e. The number of nitrogens with one attached hydrogen (secondary N) is 1. The number of rotatable bonds is 5. The zero-order chi connectivity index (χ0) is 21.4. The number of benzene rings is 2. The number of aromatic nitrogens is 1. The SMILES string of the molecule is CNC(=O)CC(Cn1c2c(c3cc(C)ccc31)CN(C)CC2)c1ccc(F)cc1F. The molecule has 0 spiro atoms. The normalized spacial score (nSPS) is 15.2. The topological polar surface area (TPSA) is 37.3 Å². The number of nitrogens with zero attached hydrogens (tertiary/aromatic N) is 2. The summed E-state index contributed by atoms with van der Waals surface area (Å²) in [5.41, 5.74) is 5.22.